The van der Waals surface area contributed by atoms with Crippen molar-refractivity contribution in [1.82, 2.24) is 5.32 Å². The van der Waals surface area contributed by atoms with E-state index in [1.54, 1.807) is 0 Å². The van der Waals surface area contributed by atoms with Gasteiger partial charge in [-0.25, -0.2) is 0 Å². The van der Waals surface area contributed by atoms with E-state index in [0.29, 0.717) is 0 Å². The number of halogens is 1. The van der Waals surface area contributed by atoms with Crippen LogP contribution in [0.4, 0.5) is 0 Å². The van der Waals surface area contributed by atoms with Gasteiger partial charge in [-0.15, -0.1) is 0 Å². The number of nitrogens with two attached hydrogens (primary N) is 1. The standard InChI is InChI=1S/C11H14ClN3/c12-9-3-1-2-8(6-9)10(13)7-11-14-4-5-15-11/h1-3,6,10H,4-5,7,13H2,(H,14,15). The van der Waals surface area contributed by atoms with Crippen LogP contribution >= 0.6 is 11.6 Å². The van der Waals surface area contributed by atoms with Gasteiger partial charge in [0.1, 0.15) is 0 Å². The Morgan fingerprint density at radius 3 is 3.07 bits per heavy atom. The van der Waals surface area contributed by atoms with Crippen molar-refractivity contribution in [3.05, 3.63) is 34.9 Å². The Kier molecular flexibility index (Phi) is 3.23. The maximum atomic E-state index is 6.06. The lowest BCUT2D eigenvalue weighted by atomic mass is 10.0. The molecule has 0 radical (unpaired) electrons. The number of aliphatic imine (C=N–C) groups is 1. The number of rotatable bonds is 3. The monoisotopic (exact) mass is 223 g/mol. The number of hydrogen-bond acceptors (Lipinski definition) is 3. The Labute approximate surface area is 94.3 Å². The predicted molar refractivity (Wildman–Crippen MR) is 63.3 cm³/mol. The van der Waals surface area contributed by atoms with Crippen LogP contribution in [0.1, 0.15) is 18.0 Å². The van der Waals surface area contributed by atoms with E-state index in [1.165, 1.54) is 0 Å². The zero-order valence-corrected chi connectivity index (χ0v) is 9.17. The van der Waals surface area contributed by atoms with Crippen LogP contribution in [0, 0.1) is 0 Å². The van der Waals surface area contributed by atoms with Crippen LogP contribution in [-0.4, -0.2) is 18.9 Å². The lowest BCUT2D eigenvalue weighted by molar-refractivity contribution is 0.750. The molecule has 0 amide bonds. The Balaban J connectivity index is 2.04. The van der Waals surface area contributed by atoms with E-state index >= 15 is 0 Å². The van der Waals surface area contributed by atoms with Crippen LogP contribution in [0.25, 0.3) is 0 Å². The summed E-state index contributed by atoms with van der Waals surface area (Å²) in [4.78, 5) is 4.32. The summed E-state index contributed by atoms with van der Waals surface area (Å²) in [5, 5.41) is 3.94. The summed E-state index contributed by atoms with van der Waals surface area (Å²) in [5.41, 5.74) is 7.12. The predicted octanol–water partition coefficient (Wildman–Crippen LogP) is 1.73. The molecule has 0 saturated heterocycles. The molecule has 1 aromatic carbocycles. The van der Waals surface area contributed by atoms with Crippen molar-refractivity contribution in [2.45, 2.75) is 12.5 Å². The largest absolute Gasteiger partial charge is 0.372 e. The molecule has 1 unspecified atom stereocenters. The molecule has 4 heteroatoms. The molecule has 1 aromatic rings. The zero-order chi connectivity index (χ0) is 10.7. The van der Waals surface area contributed by atoms with Gasteiger partial charge in [0.2, 0.25) is 0 Å². The first-order chi connectivity index (χ1) is 7.25. The van der Waals surface area contributed by atoms with Crippen LogP contribution in [0.5, 0.6) is 0 Å². The molecule has 0 fully saturated rings. The first-order valence-electron chi connectivity index (χ1n) is 5.04. The molecule has 1 atom stereocenters. The molecule has 0 bridgehead atoms. The third-order valence-corrected chi connectivity index (χ3v) is 2.67. The summed E-state index contributed by atoms with van der Waals surface area (Å²) in [6, 6.07) is 7.63. The van der Waals surface area contributed by atoms with Crippen molar-refractivity contribution in [3.63, 3.8) is 0 Å². The molecular weight excluding hydrogens is 210 g/mol. The molecule has 0 spiro atoms. The van der Waals surface area contributed by atoms with Gasteiger partial charge in [-0.1, -0.05) is 23.7 Å². The van der Waals surface area contributed by atoms with Crippen LogP contribution in [0.2, 0.25) is 5.02 Å². The van der Waals surface area contributed by atoms with Crippen molar-refractivity contribution >= 4 is 17.4 Å². The van der Waals surface area contributed by atoms with Crippen molar-refractivity contribution in [2.24, 2.45) is 10.7 Å². The maximum absolute atomic E-state index is 6.06. The second kappa shape index (κ2) is 4.64. The van der Waals surface area contributed by atoms with E-state index in [1.807, 2.05) is 24.3 Å². The second-order valence-electron chi connectivity index (χ2n) is 3.62. The third-order valence-electron chi connectivity index (χ3n) is 2.43. The molecular formula is C11H14ClN3. The molecule has 0 aliphatic carbocycles. The van der Waals surface area contributed by atoms with Crippen LogP contribution < -0.4 is 11.1 Å². The van der Waals surface area contributed by atoms with Crippen LogP contribution in [0.3, 0.4) is 0 Å². The average molecular weight is 224 g/mol. The number of hydrogen-bond donors (Lipinski definition) is 2. The normalized spacial score (nSPS) is 17.1. The number of benzene rings is 1. The van der Waals surface area contributed by atoms with Gasteiger partial charge in [0.05, 0.1) is 12.4 Å². The molecule has 0 saturated carbocycles. The van der Waals surface area contributed by atoms with Gasteiger partial charge in [0, 0.05) is 24.0 Å². The SMILES string of the molecule is NC(CC1=NCCN1)c1cccc(Cl)c1. The summed E-state index contributed by atoms with van der Waals surface area (Å²) in [5.74, 6) is 1.00. The number of nitrogens with one attached hydrogen (secondary N) is 1. The first kappa shape index (κ1) is 10.5. The molecule has 3 N–H and O–H groups in total. The highest BCUT2D eigenvalue weighted by Crippen LogP contribution is 2.18. The summed E-state index contributed by atoms with van der Waals surface area (Å²) < 4.78 is 0. The average Bonchev–Trinajstić information content (AvgIpc) is 2.70. The number of nitrogens with zero attached hydrogens (tertiary/aromatic N) is 1. The molecule has 0 aromatic heterocycles. The van der Waals surface area contributed by atoms with Gasteiger partial charge in [-0.3, -0.25) is 4.99 Å². The van der Waals surface area contributed by atoms with Crippen molar-refractivity contribution in [3.8, 4) is 0 Å². The quantitative estimate of drug-likeness (QED) is 0.820. The van der Waals surface area contributed by atoms with E-state index in [-0.39, 0.29) is 6.04 Å². The second-order valence-corrected chi connectivity index (χ2v) is 4.06. The summed E-state index contributed by atoms with van der Waals surface area (Å²) in [6.45, 7) is 1.79. The van der Waals surface area contributed by atoms with E-state index in [0.717, 1.165) is 35.9 Å². The summed E-state index contributed by atoms with van der Waals surface area (Å²) in [7, 11) is 0. The topological polar surface area (TPSA) is 50.4 Å². The van der Waals surface area contributed by atoms with Gasteiger partial charge in [0.15, 0.2) is 0 Å². The highest BCUT2D eigenvalue weighted by molar-refractivity contribution is 6.30. The van der Waals surface area contributed by atoms with E-state index in [9.17, 15) is 0 Å². The Morgan fingerprint density at radius 2 is 2.40 bits per heavy atom. The molecule has 2 rings (SSSR count). The first-order valence-corrected chi connectivity index (χ1v) is 5.42. The van der Waals surface area contributed by atoms with Crippen molar-refractivity contribution in [2.75, 3.05) is 13.1 Å². The van der Waals surface area contributed by atoms with Crippen LogP contribution in [0.15, 0.2) is 29.3 Å². The highest BCUT2D eigenvalue weighted by Gasteiger charge is 2.12. The van der Waals surface area contributed by atoms with Crippen LogP contribution in [-0.2, 0) is 0 Å². The van der Waals surface area contributed by atoms with Gasteiger partial charge < -0.3 is 11.1 Å². The minimum atomic E-state index is -0.0342. The molecule has 15 heavy (non-hydrogen) atoms. The summed E-state index contributed by atoms with van der Waals surface area (Å²) >= 11 is 5.90. The van der Waals surface area contributed by atoms with Crippen molar-refractivity contribution < 1.29 is 0 Å². The lowest BCUT2D eigenvalue weighted by Crippen LogP contribution is -2.24. The van der Waals surface area contributed by atoms with E-state index in [4.69, 9.17) is 17.3 Å². The Bertz CT molecular complexity index is 376. The fraction of sp³-hybridized carbons (Fsp3) is 0.364. The third kappa shape index (κ3) is 2.70. The fourth-order valence-electron chi connectivity index (χ4n) is 1.65. The molecule has 1 heterocycles. The van der Waals surface area contributed by atoms with E-state index in [2.05, 4.69) is 10.3 Å². The van der Waals surface area contributed by atoms with Gasteiger partial charge in [-0.05, 0) is 17.7 Å². The minimum absolute atomic E-state index is 0.0342. The lowest BCUT2D eigenvalue weighted by Gasteiger charge is -2.12. The summed E-state index contributed by atoms with van der Waals surface area (Å²) in [6.07, 6.45) is 0.750. The molecule has 3 nitrogen and oxygen atoms in total. The Morgan fingerprint density at radius 1 is 1.53 bits per heavy atom. The van der Waals surface area contributed by atoms with Gasteiger partial charge >= 0.3 is 0 Å². The number of amidine groups is 1. The van der Waals surface area contributed by atoms with E-state index < -0.39 is 0 Å². The highest BCUT2D eigenvalue weighted by atomic mass is 35.5. The molecule has 80 valence electrons. The fourth-order valence-corrected chi connectivity index (χ4v) is 1.85. The van der Waals surface area contributed by atoms with Crippen molar-refractivity contribution in [1.29, 1.82) is 0 Å². The molecule has 1 aliphatic heterocycles. The zero-order valence-electron chi connectivity index (χ0n) is 8.41. The minimum Gasteiger partial charge on any atom is -0.372 e. The maximum Gasteiger partial charge on any atom is 0.0983 e. The van der Waals surface area contributed by atoms with Gasteiger partial charge in [0.25, 0.3) is 0 Å². The molecule has 1 aliphatic rings. The smallest absolute Gasteiger partial charge is 0.0983 e. The van der Waals surface area contributed by atoms with Gasteiger partial charge in [-0.2, -0.15) is 0 Å². The Hall–Kier alpha value is -1.06.